The zero-order valence-electron chi connectivity index (χ0n) is 23.0. The first kappa shape index (κ1) is 26.9. The zero-order chi connectivity index (χ0) is 27.6. The van der Waals surface area contributed by atoms with Gasteiger partial charge in [0, 0.05) is 45.5 Å². The highest BCUT2D eigenvalue weighted by atomic mass is 16.6. The number of amides is 2. The molecule has 3 fully saturated rings. The van der Waals surface area contributed by atoms with Crippen LogP contribution in [0.2, 0.25) is 0 Å². The number of hydrogen-bond acceptors (Lipinski definition) is 10. The van der Waals surface area contributed by atoms with E-state index in [0.717, 1.165) is 51.1 Å². The molecule has 3 aliphatic rings. The van der Waals surface area contributed by atoms with Crippen LogP contribution < -0.4 is 20.9 Å². The summed E-state index contributed by atoms with van der Waals surface area (Å²) < 4.78 is 11.0. The van der Waals surface area contributed by atoms with Gasteiger partial charge < -0.3 is 35.2 Å². The third-order valence-electron chi connectivity index (χ3n) is 7.64. The summed E-state index contributed by atoms with van der Waals surface area (Å²) in [5.74, 6) is 0.262. The van der Waals surface area contributed by atoms with Gasteiger partial charge in [-0.15, -0.1) is 0 Å². The largest absolute Gasteiger partial charge is 0.444 e. The van der Waals surface area contributed by atoms with Crippen LogP contribution in [-0.2, 0) is 9.47 Å². The van der Waals surface area contributed by atoms with Crippen LogP contribution >= 0.6 is 0 Å². The van der Waals surface area contributed by atoms with Crippen LogP contribution in [0.5, 0.6) is 0 Å². The average molecular weight is 539 g/mol. The molecular formula is C27H38N8O4. The number of nitrogen functional groups attached to an aromatic ring is 1. The number of likely N-dealkylation sites (tertiary alicyclic amines) is 1. The molecule has 12 nitrogen and oxygen atoms in total. The summed E-state index contributed by atoms with van der Waals surface area (Å²) in [7, 11) is 0. The zero-order valence-corrected chi connectivity index (χ0v) is 23.0. The Morgan fingerprint density at radius 3 is 2.49 bits per heavy atom. The van der Waals surface area contributed by atoms with E-state index in [0.29, 0.717) is 37.8 Å². The van der Waals surface area contributed by atoms with E-state index < -0.39 is 11.5 Å². The molecule has 210 valence electrons. The molecule has 2 aromatic rings. The third-order valence-corrected chi connectivity index (χ3v) is 7.64. The van der Waals surface area contributed by atoms with Crippen molar-refractivity contribution in [1.82, 2.24) is 19.9 Å². The summed E-state index contributed by atoms with van der Waals surface area (Å²) in [6.07, 6.45) is 7.49. The van der Waals surface area contributed by atoms with Gasteiger partial charge in [0.05, 0.1) is 37.0 Å². The van der Waals surface area contributed by atoms with Crippen LogP contribution in [0.4, 0.5) is 27.8 Å². The van der Waals surface area contributed by atoms with E-state index >= 15 is 0 Å². The fraction of sp³-hybridized carbons (Fsp3) is 0.593. The molecule has 3 saturated heterocycles. The number of pyridine rings is 1. The number of nitrogens with zero attached hydrogens (tertiary/aromatic N) is 6. The Morgan fingerprint density at radius 1 is 1.05 bits per heavy atom. The number of anilines is 4. The SMILES string of the molecule is CC(C)(C)OC(=O)N1CCC2(CCN(c3cnc(N)c(C(=O)Nc4cnccc4N4CCOCC4)n3)CC2)C1. The maximum atomic E-state index is 13.3. The summed E-state index contributed by atoms with van der Waals surface area (Å²) in [6, 6.07) is 1.88. The van der Waals surface area contributed by atoms with Gasteiger partial charge in [0.25, 0.3) is 5.91 Å². The highest BCUT2D eigenvalue weighted by molar-refractivity contribution is 6.07. The maximum Gasteiger partial charge on any atom is 0.410 e. The number of aromatic nitrogens is 3. The van der Waals surface area contributed by atoms with E-state index in [1.807, 2.05) is 31.7 Å². The second kappa shape index (κ2) is 10.8. The van der Waals surface area contributed by atoms with Gasteiger partial charge in [-0.3, -0.25) is 9.78 Å². The second-order valence-corrected chi connectivity index (χ2v) is 11.5. The topological polar surface area (TPSA) is 139 Å². The van der Waals surface area contributed by atoms with Gasteiger partial charge >= 0.3 is 6.09 Å². The molecule has 3 N–H and O–H groups in total. The predicted molar refractivity (Wildman–Crippen MR) is 148 cm³/mol. The molecule has 2 aromatic heterocycles. The Bertz CT molecular complexity index is 1200. The molecule has 0 aliphatic carbocycles. The third kappa shape index (κ3) is 6.16. The first-order valence-electron chi connectivity index (χ1n) is 13.6. The molecule has 0 unspecified atom stereocenters. The molecule has 5 rings (SSSR count). The number of hydrogen-bond donors (Lipinski definition) is 2. The Morgan fingerprint density at radius 2 is 1.77 bits per heavy atom. The molecule has 3 aliphatic heterocycles. The number of piperidine rings is 1. The fourth-order valence-corrected chi connectivity index (χ4v) is 5.49. The van der Waals surface area contributed by atoms with Gasteiger partial charge in [-0.2, -0.15) is 0 Å². The summed E-state index contributed by atoms with van der Waals surface area (Å²) in [5.41, 5.74) is 7.21. The number of nitrogens with two attached hydrogens (primary N) is 1. The molecule has 12 heteroatoms. The molecule has 0 bridgehead atoms. The van der Waals surface area contributed by atoms with Gasteiger partial charge in [0.1, 0.15) is 11.4 Å². The van der Waals surface area contributed by atoms with E-state index in [2.05, 4.69) is 30.1 Å². The molecule has 1 spiro atoms. The molecule has 39 heavy (non-hydrogen) atoms. The van der Waals surface area contributed by atoms with Crippen LogP contribution in [0.25, 0.3) is 0 Å². The average Bonchev–Trinajstić information content (AvgIpc) is 3.33. The predicted octanol–water partition coefficient (Wildman–Crippen LogP) is 2.77. The maximum absolute atomic E-state index is 13.3. The van der Waals surface area contributed by atoms with Crippen LogP contribution in [0.3, 0.4) is 0 Å². The Labute approximate surface area is 228 Å². The van der Waals surface area contributed by atoms with Crippen LogP contribution in [0.15, 0.2) is 24.7 Å². The van der Waals surface area contributed by atoms with Crippen molar-refractivity contribution in [1.29, 1.82) is 0 Å². The van der Waals surface area contributed by atoms with Gasteiger partial charge in [-0.1, -0.05) is 0 Å². The number of carbonyl (C=O) groups is 2. The van der Waals surface area contributed by atoms with Crippen LogP contribution in [-0.4, -0.2) is 89.9 Å². The number of nitrogens with one attached hydrogen (secondary N) is 1. The summed E-state index contributed by atoms with van der Waals surface area (Å²) in [6.45, 7) is 11.3. The van der Waals surface area contributed by atoms with Crippen LogP contribution in [0, 0.1) is 5.41 Å². The number of morpholine rings is 1. The quantitative estimate of drug-likeness (QED) is 0.597. The standard InChI is InChI=1S/C27H38N8O4/c1-26(2,3)39-25(37)35-11-7-27(18-35)5-9-34(10-6-27)21-17-30-23(28)22(32-21)24(36)31-19-16-29-8-4-20(19)33-12-14-38-15-13-33/h4,8,16-17H,5-7,9-15,18H2,1-3H3,(H2,28,30)(H,31,36). The van der Waals surface area contributed by atoms with Crippen molar-refractivity contribution >= 4 is 35.0 Å². The highest BCUT2D eigenvalue weighted by Gasteiger charge is 2.43. The van der Waals surface area contributed by atoms with Crippen molar-refractivity contribution in [3.8, 4) is 0 Å². The lowest BCUT2D eigenvalue weighted by molar-refractivity contribution is 0.0266. The minimum absolute atomic E-state index is 0.0744. The smallest absolute Gasteiger partial charge is 0.410 e. The van der Waals surface area contributed by atoms with Crippen molar-refractivity contribution in [2.24, 2.45) is 5.41 Å². The minimum atomic E-state index is -0.505. The fourth-order valence-electron chi connectivity index (χ4n) is 5.49. The normalized spacial score (nSPS) is 19.3. The van der Waals surface area contributed by atoms with E-state index in [4.69, 9.17) is 15.2 Å². The molecule has 0 radical (unpaired) electrons. The Hall–Kier alpha value is -3.67. The Kier molecular flexibility index (Phi) is 7.48. The van der Waals surface area contributed by atoms with E-state index in [1.165, 1.54) is 0 Å². The monoisotopic (exact) mass is 538 g/mol. The molecule has 0 aromatic carbocycles. The molecular weight excluding hydrogens is 500 g/mol. The van der Waals surface area contributed by atoms with Crippen molar-refractivity contribution in [2.75, 3.05) is 73.3 Å². The van der Waals surface area contributed by atoms with Crippen molar-refractivity contribution in [3.63, 3.8) is 0 Å². The number of carbonyl (C=O) groups excluding carboxylic acids is 2. The molecule has 0 saturated carbocycles. The van der Waals surface area contributed by atoms with E-state index in [-0.39, 0.29) is 23.0 Å². The van der Waals surface area contributed by atoms with Crippen molar-refractivity contribution < 1.29 is 19.1 Å². The lowest BCUT2D eigenvalue weighted by Crippen LogP contribution is -2.43. The van der Waals surface area contributed by atoms with Crippen LogP contribution in [0.1, 0.15) is 50.5 Å². The molecule has 5 heterocycles. The summed E-state index contributed by atoms with van der Waals surface area (Å²) in [5, 5.41) is 2.93. The van der Waals surface area contributed by atoms with Crippen molar-refractivity contribution in [2.45, 2.75) is 45.6 Å². The van der Waals surface area contributed by atoms with Gasteiger partial charge in [0.2, 0.25) is 0 Å². The summed E-state index contributed by atoms with van der Waals surface area (Å²) >= 11 is 0. The van der Waals surface area contributed by atoms with E-state index in [9.17, 15) is 9.59 Å². The summed E-state index contributed by atoms with van der Waals surface area (Å²) in [4.78, 5) is 45.1. The van der Waals surface area contributed by atoms with Gasteiger partial charge in [-0.25, -0.2) is 14.8 Å². The Balaban J connectivity index is 1.23. The lowest BCUT2D eigenvalue weighted by atomic mass is 9.78. The minimum Gasteiger partial charge on any atom is -0.444 e. The first-order chi connectivity index (χ1) is 18.6. The number of rotatable bonds is 4. The van der Waals surface area contributed by atoms with Crippen molar-refractivity contribution in [3.05, 3.63) is 30.4 Å². The number of ether oxygens (including phenoxy) is 2. The van der Waals surface area contributed by atoms with Gasteiger partial charge in [-0.05, 0) is 51.5 Å². The van der Waals surface area contributed by atoms with Gasteiger partial charge in [0.15, 0.2) is 11.5 Å². The second-order valence-electron chi connectivity index (χ2n) is 11.5. The lowest BCUT2D eigenvalue weighted by Gasteiger charge is -2.39. The molecule has 0 atom stereocenters. The highest BCUT2D eigenvalue weighted by Crippen LogP contribution is 2.41. The first-order valence-corrected chi connectivity index (χ1v) is 13.6. The molecule has 2 amide bonds. The van der Waals surface area contributed by atoms with E-state index in [1.54, 1.807) is 18.6 Å².